The minimum atomic E-state index is 0.321. The highest BCUT2D eigenvalue weighted by molar-refractivity contribution is 5.90. The fourth-order valence-corrected chi connectivity index (χ4v) is 4.91. The number of likely N-dealkylation sites (tertiary alicyclic amines) is 1. The molecule has 176 valence electrons. The fourth-order valence-electron chi connectivity index (χ4n) is 4.91. The monoisotopic (exact) mass is 456 g/mol. The Balaban J connectivity index is 1.11. The van der Waals surface area contributed by atoms with Crippen LogP contribution in [0.3, 0.4) is 0 Å². The highest BCUT2D eigenvalue weighted by Crippen LogP contribution is 2.27. The lowest BCUT2D eigenvalue weighted by molar-refractivity contribution is 0.174. The molecule has 8 heteroatoms. The number of nitriles is 1. The van der Waals surface area contributed by atoms with Gasteiger partial charge in [-0.2, -0.15) is 5.26 Å². The van der Waals surface area contributed by atoms with Crippen molar-refractivity contribution in [3.8, 4) is 6.07 Å². The maximum absolute atomic E-state index is 8.97. The first-order valence-electron chi connectivity index (χ1n) is 12.2. The lowest BCUT2D eigenvalue weighted by Crippen LogP contribution is -2.53. The van der Waals surface area contributed by atoms with Gasteiger partial charge >= 0.3 is 0 Å². The number of anilines is 3. The number of hydrogen-bond donors (Lipinski definition) is 2. The lowest BCUT2D eigenvalue weighted by Gasteiger charge is -2.44. The normalized spacial score (nSPS) is 17.5. The average Bonchev–Trinajstić information content (AvgIpc) is 2.82. The van der Waals surface area contributed by atoms with Crippen LogP contribution in [0.1, 0.15) is 32.3 Å². The van der Waals surface area contributed by atoms with Gasteiger partial charge in [0.25, 0.3) is 0 Å². The van der Waals surface area contributed by atoms with Gasteiger partial charge in [0.05, 0.1) is 23.3 Å². The zero-order chi connectivity index (χ0) is 23.5. The van der Waals surface area contributed by atoms with Crippen LogP contribution in [0.4, 0.5) is 17.3 Å². The quantitative estimate of drug-likeness (QED) is 0.556. The molecule has 0 bridgehead atoms. The number of fused-ring (bicyclic) bond motifs is 1. The molecule has 4 heterocycles. The van der Waals surface area contributed by atoms with Crippen LogP contribution in [0.25, 0.3) is 10.9 Å². The number of aromatic nitrogens is 3. The Morgan fingerprint density at radius 1 is 1.09 bits per heavy atom. The van der Waals surface area contributed by atoms with Crippen molar-refractivity contribution in [2.45, 2.75) is 38.8 Å². The molecule has 0 amide bonds. The summed E-state index contributed by atoms with van der Waals surface area (Å²) in [5.74, 6) is 2.46. The minimum absolute atomic E-state index is 0.321. The molecular weight excluding hydrogens is 424 g/mol. The fraction of sp³-hybridized carbons (Fsp3) is 0.462. The standard InChI is InChI=1S/C26H32N8/c1-18(2)31-25-11-23-24(13-28-25)29-17-30-26(23)32-21-7-9-33(10-8-21)14-20-15-34(16-20)22-5-3-19(12-27)4-6-22/h3-6,11,13,17-18,20-21H,7-10,14-16H2,1-2H3,(H,28,31)(H,29,30,32). The van der Waals surface area contributed by atoms with Crippen LogP contribution in [0, 0.1) is 17.2 Å². The van der Waals surface area contributed by atoms with E-state index in [1.165, 1.54) is 5.69 Å². The Kier molecular flexibility index (Phi) is 6.45. The summed E-state index contributed by atoms with van der Waals surface area (Å²) in [4.78, 5) is 18.4. The molecular formula is C26H32N8. The largest absolute Gasteiger partial charge is 0.371 e. The Bertz CT molecular complexity index is 1160. The summed E-state index contributed by atoms with van der Waals surface area (Å²) < 4.78 is 0. The molecule has 0 atom stereocenters. The number of nitrogens with one attached hydrogen (secondary N) is 2. The molecule has 2 fully saturated rings. The van der Waals surface area contributed by atoms with Crippen LogP contribution in [-0.2, 0) is 0 Å². The Morgan fingerprint density at radius 3 is 2.56 bits per heavy atom. The van der Waals surface area contributed by atoms with Crippen LogP contribution in [0.5, 0.6) is 0 Å². The smallest absolute Gasteiger partial charge is 0.137 e. The topological polar surface area (TPSA) is 93.0 Å². The molecule has 2 saturated heterocycles. The molecule has 2 aromatic heterocycles. The summed E-state index contributed by atoms with van der Waals surface area (Å²) >= 11 is 0. The van der Waals surface area contributed by atoms with Crippen LogP contribution in [0.15, 0.2) is 42.9 Å². The zero-order valence-electron chi connectivity index (χ0n) is 19.9. The van der Waals surface area contributed by atoms with Gasteiger partial charge in [0.15, 0.2) is 0 Å². The molecule has 0 aliphatic carbocycles. The molecule has 0 unspecified atom stereocenters. The van der Waals surface area contributed by atoms with Crippen LogP contribution >= 0.6 is 0 Å². The van der Waals surface area contributed by atoms with Gasteiger partial charge in [-0.15, -0.1) is 0 Å². The van der Waals surface area contributed by atoms with Crippen molar-refractivity contribution in [3.63, 3.8) is 0 Å². The van der Waals surface area contributed by atoms with Gasteiger partial charge in [-0.25, -0.2) is 15.0 Å². The molecule has 2 N–H and O–H groups in total. The van der Waals surface area contributed by atoms with E-state index in [4.69, 9.17) is 5.26 Å². The maximum Gasteiger partial charge on any atom is 0.137 e. The number of piperidine rings is 1. The van der Waals surface area contributed by atoms with Gasteiger partial charge in [-0.05, 0) is 57.0 Å². The summed E-state index contributed by atoms with van der Waals surface area (Å²) in [6.45, 7) is 9.77. The van der Waals surface area contributed by atoms with Gasteiger partial charge < -0.3 is 20.4 Å². The predicted octanol–water partition coefficient (Wildman–Crippen LogP) is 3.73. The first-order chi connectivity index (χ1) is 16.6. The summed E-state index contributed by atoms with van der Waals surface area (Å²) in [5.41, 5.74) is 2.80. The Morgan fingerprint density at radius 2 is 1.85 bits per heavy atom. The maximum atomic E-state index is 8.97. The number of pyridine rings is 1. The molecule has 2 aliphatic rings. The number of hydrogen-bond acceptors (Lipinski definition) is 8. The lowest BCUT2D eigenvalue weighted by atomic mass is 9.96. The van der Waals surface area contributed by atoms with Crippen molar-refractivity contribution in [1.82, 2.24) is 19.9 Å². The highest BCUT2D eigenvalue weighted by Gasteiger charge is 2.30. The van der Waals surface area contributed by atoms with E-state index in [0.717, 1.165) is 73.7 Å². The van der Waals surface area contributed by atoms with Crippen molar-refractivity contribution in [2.75, 3.05) is 48.3 Å². The second-order valence-corrected chi connectivity index (χ2v) is 9.76. The van der Waals surface area contributed by atoms with E-state index in [1.807, 2.05) is 24.4 Å². The first-order valence-corrected chi connectivity index (χ1v) is 12.2. The number of benzene rings is 1. The molecule has 2 aliphatic heterocycles. The van der Waals surface area contributed by atoms with Crippen molar-refractivity contribution in [3.05, 3.63) is 48.4 Å². The molecule has 5 rings (SSSR count). The van der Waals surface area contributed by atoms with Crippen LogP contribution in [0.2, 0.25) is 0 Å². The van der Waals surface area contributed by atoms with E-state index in [-0.39, 0.29) is 0 Å². The second kappa shape index (κ2) is 9.82. The Hall–Kier alpha value is -3.44. The molecule has 8 nitrogen and oxygen atoms in total. The van der Waals surface area contributed by atoms with E-state index < -0.39 is 0 Å². The van der Waals surface area contributed by atoms with Crippen LogP contribution < -0.4 is 15.5 Å². The summed E-state index contributed by atoms with van der Waals surface area (Å²) in [5, 5.41) is 17.0. The third-order valence-electron chi connectivity index (χ3n) is 6.72. The number of nitrogens with zero attached hydrogens (tertiary/aromatic N) is 6. The van der Waals surface area contributed by atoms with Crippen molar-refractivity contribution in [2.24, 2.45) is 5.92 Å². The van der Waals surface area contributed by atoms with Crippen molar-refractivity contribution in [1.29, 1.82) is 5.26 Å². The molecule has 0 radical (unpaired) electrons. The van der Waals surface area contributed by atoms with E-state index in [2.05, 4.69) is 67.4 Å². The van der Waals surface area contributed by atoms with E-state index >= 15 is 0 Å². The molecule has 3 aromatic rings. The molecule has 0 saturated carbocycles. The van der Waals surface area contributed by atoms with Gasteiger partial charge in [-0.3, -0.25) is 0 Å². The summed E-state index contributed by atoms with van der Waals surface area (Å²) in [6.07, 6.45) is 5.65. The van der Waals surface area contributed by atoms with E-state index in [1.54, 1.807) is 6.33 Å². The van der Waals surface area contributed by atoms with E-state index in [9.17, 15) is 0 Å². The van der Waals surface area contributed by atoms with Gasteiger partial charge in [-0.1, -0.05) is 0 Å². The minimum Gasteiger partial charge on any atom is -0.371 e. The summed E-state index contributed by atoms with van der Waals surface area (Å²) in [6, 6.07) is 12.9. The zero-order valence-corrected chi connectivity index (χ0v) is 19.9. The van der Waals surface area contributed by atoms with E-state index in [0.29, 0.717) is 18.0 Å². The van der Waals surface area contributed by atoms with Crippen molar-refractivity contribution >= 4 is 28.2 Å². The van der Waals surface area contributed by atoms with Crippen molar-refractivity contribution < 1.29 is 0 Å². The van der Waals surface area contributed by atoms with Crippen LogP contribution in [-0.4, -0.2) is 64.7 Å². The van der Waals surface area contributed by atoms with Gasteiger partial charge in [0.1, 0.15) is 18.0 Å². The highest BCUT2D eigenvalue weighted by atomic mass is 15.2. The molecule has 0 spiro atoms. The van der Waals surface area contributed by atoms with Gasteiger partial charge in [0.2, 0.25) is 0 Å². The second-order valence-electron chi connectivity index (χ2n) is 9.76. The first kappa shape index (κ1) is 22.4. The SMILES string of the molecule is CC(C)Nc1cc2c(NC3CCN(CC4CN(c5ccc(C#N)cc5)C4)CC3)ncnc2cn1. The predicted molar refractivity (Wildman–Crippen MR) is 136 cm³/mol. The molecule has 1 aromatic carbocycles. The van der Waals surface area contributed by atoms with Gasteiger partial charge in [0, 0.05) is 61.8 Å². The Labute approximate surface area is 201 Å². The third-order valence-corrected chi connectivity index (χ3v) is 6.72. The number of rotatable bonds is 7. The third kappa shape index (κ3) is 5.05. The average molecular weight is 457 g/mol. The molecule has 34 heavy (non-hydrogen) atoms. The summed E-state index contributed by atoms with van der Waals surface area (Å²) in [7, 11) is 0.